The van der Waals surface area contributed by atoms with Crippen molar-refractivity contribution in [2.24, 2.45) is 17.1 Å². The van der Waals surface area contributed by atoms with E-state index in [4.69, 9.17) is 5.73 Å². The Kier molecular flexibility index (Phi) is 5.51. The Labute approximate surface area is 179 Å². The third kappa shape index (κ3) is 3.28. The van der Waals surface area contributed by atoms with Crippen LogP contribution in [0.2, 0.25) is 0 Å². The first-order valence-corrected chi connectivity index (χ1v) is 10.4. The van der Waals surface area contributed by atoms with Crippen LogP contribution in [-0.2, 0) is 5.41 Å². The fourth-order valence-electron chi connectivity index (χ4n) is 4.69. The number of nitrogens with two attached hydrogens (primary N) is 1. The highest BCUT2D eigenvalue weighted by Crippen LogP contribution is 2.54. The molecule has 1 aliphatic carbocycles. The summed E-state index contributed by atoms with van der Waals surface area (Å²) < 4.78 is 0. The highest BCUT2D eigenvalue weighted by Gasteiger charge is 2.54. The van der Waals surface area contributed by atoms with E-state index in [2.05, 4.69) is 75.9 Å². The minimum atomic E-state index is -1.57. The van der Waals surface area contributed by atoms with Crippen molar-refractivity contribution in [2.45, 2.75) is 52.0 Å². The van der Waals surface area contributed by atoms with Gasteiger partial charge in [0.05, 0.1) is 23.4 Å². The average molecular weight is 400 g/mol. The van der Waals surface area contributed by atoms with Crippen LogP contribution in [0.1, 0.15) is 51.7 Å². The molecule has 0 spiro atoms. The van der Waals surface area contributed by atoms with E-state index in [0.717, 1.165) is 17.7 Å². The van der Waals surface area contributed by atoms with E-state index < -0.39 is 11.3 Å². The molecule has 5 heteroatoms. The van der Waals surface area contributed by atoms with Gasteiger partial charge in [-0.3, -0.25) is 4.90 Å². The topological polar surface area (TPSA) is 101 Å². The Morgan fingerprint density at radius 2 is 1.70 bits per heavy atom. The minimum absolute atomic E-state index is 0.00386. The molecule has 0 saturated carbocycles. The van der Waals surface area contributed by atoms with Gasteiger partial charge < -0.3 is 5.73 Å². The Hall–Kier alpha value is -3.07. The zero-order valence-electron chi connectivity index (χ0n) is 18.4. The first-order valence-electron chi connectivity index (χ1n) is 10.4. The molecule has 2 N–H and O–H groups in total. The molecule has 0 amide bonds. The maximum Gasteiger partial charge on any atom is 0.191 e. The summed E-state index contributed by atoms with van der Waals surface area (Å²) in [7, 11) is 0. The first-order chi connectivity index (χ1) is 14.1. The van der Waals surface area contributed by atoms with Gasteiger partial charge in [-0.05, 0) is 36.0 Å². The minimum Gasteiger partial charge on any atom is -0.399 e. The second-order valence-electron chi connectivity index (χ2n) is 9.60. The SMILES string of the molecule is CC(C)N1CC=C2C(C#N)=C(N)C(C#N)(C#N)[C@@H](c3ccc(C(C)(C)C)cc3)[C@@H]2C1. The van der Waals surface area contributed by atoms with Gasteiger partial charge in [-0.15, -0.1) is 0 Å². The quantitative estimate of drug-likeness (QED) is 0.806. The summed E-state index contributed by atoms with van der Waals surface area (Å²) in [6, 6.07) is 15.1. The fraction of sp³-hybridized carbons (Fsp3) is 0.480. The third-order valence-corrected chi connectivity index (χ3v) is 6.56. The van der Waals surface area contributed by atoms with Crippen molar-refractivity contribution in [3.8, 4) is 18.2 Å². The van der Waals surface area contributed by atoms with Crippen LogP contribution < -0.4 is 5.73 Å². The number of rotatable bonds is 2. The molecule has 30 heavy (non-hydrogen) atoms. The van der Waals surface area contributed by atoms with Crippen molar-refractivity contribution in [1.29, 1.82) is 15.8 Å². The Bertz CT molecular complexity index is 1000. The second kappa shape index (κ2) is 7.64. The molecule has 5 nitrogen and oxygen atoms in total. The molecule has 1 aromatic rings. The number of allylic oxidation sites excluding steroid dienone is 2. The van der Waals surface area contributed by atoms with Crippen LogP contribution in [0.25, 0.3) is 0 Å². The van der Waals surface area contributed by atoms with E-state index in [1.54, 1.807) is 0 Å². The number of nitrogens with zero attached hydrogens (tertiary/aromatic N) is 4. The van der Waals surface area contributed by atoms with Crippen LogP contribution in [0.4, 0.5) is 0 Å². The number of hydrogen-bond acceptors (Lipinski definition) is 5. The molecule has 0 fully saturated rings. The molecule has 0 radical (unpaired) electrons. The fourth-order valence-corrected chi connectivity index (χ4v) is 4.69. The molecule has 3 rings (SSSR count). The maximum absolute atomic E-state index is 10.2. The molecule has 2 aliphatic rings. The van der Waals surface area contributed by atoms with Gasteiger partial charge in [0.1, 0.15) is 6.07 Å². The molecule has 0 saturated heterocycles. The van der Waals surface area contributed by atoms with Gasteiger partial charge in [-0.2, -0.15) is 15.8 Å². The van der Waals surface area contributed by atoms with Crippen LogP contribution in [0.5, 0.6) is 0 Å². The number of nitriles is 3. The summed E-state index contributed by atoms with van der Waals surface area (Å²) in [5.74, 6) is -0.589. The van der Waals surface area contributed by atoms with Gasteiger partial charge >= 0.3 is 0 Å². The van der Waals surface area contributed by atoms with Gasteiger partial charge in [0, 0.05) is 31.0 Å². The summed E-state index contributed by atoms with van der Waals surface area (Å²) in [5, 5.41) is 30.2. The van der Waals surface area contributed by atoms with Crippen molar-refractivity contribution < 1.29 is 0 Å². The predicted octanol–water partition coefficient (Wildman–Crippen LogP) is 4.12. The molecular weight excluding hydrogens is 370 g/mol. The van der Waals surface area contributed by atoms with E-state index in [0.29, 0.717) is 18.2 Å². The zero-order chi connectivity index (χ0) is 22.3. The van der Waals surface area contributed by atoms with Gasteiger partial charge in [0.2, 0.25) is 0 Å². The lowest BCUT2D eigenvalue weighted by molar-refractivity contribution is 0.174. The highest BCUT2D eigenvalue weighted by atomic mass is 15.2. The molecule has 0 bridgehead atoms. The number of benzene rings is 1. The summed E-state index contributed by atoms with van der Waals surface area (Å²) in [4.78, 5) is 2.31. The monoisotopic (exact) mass is 399 g/mol. The molecule has 1 heterocycles. The Morgan fingerprint density at radius 1 is 1.10 bits per heavy atom. The van der Waals surface area contributed by atoms with Crippen LogP contribution in [0.15, 0.2) is 47.2 Å². The van der Waals surface area contributed by atoms with E-state index in [1.807, 2.05) is 12.1 Å². The summed E-state index contributed by atoms with van der Waals surface area (Å²) in [6.45, 7) is 12.1. The van der Waals surface area contributed by atoms with Crippen LogP contribution in [0.3, 0.4) is 0 Å². The molecule has 1 aliphatic heterocycles. The van der Waals surface area contributed by atoms with Gasteiger partial charge in [-0.25, -0.2) is 0 Å². The first kappa shape index (κ1) is 21.6. The second-order valence-corrected chi connectivity index (χ2v) is 9.60. The number of fused-ring (bicyclic) bond motifs is 1. The van der Waals surface area contributed by atoms with E-state index >= 15 is 0 Å². The lowest BCUT2D eigenvalue weighted by Gasteiger charge is -2.46. The van der Waals surface area contributed by atoms with Gasteiger partial charge in [0.25, 0.3) is 0 Å². The Morgan fingerprint density at radius 3 is 2.17 bits per heavy atom. The van der Waals surface area contributed by atoms with E-state index in [9.17, 15) is 15.8 Å². The standard InChI is InChI=1S/C25H29N5/c1-16(2)30-11-10-19-20(12-26)23(29)25(14-27,15-28)22(21(19)13-30)17-6-8-18(9-7-17)24(3,4)5/h6-10,16,21-22H,11,13,29H2,1-5H3/t21-,22+/m1/s1. The normalized spacial score (nSPS) is 23.8. The summed E-state index contributed by atoms with van der Waals surface area (Å²) in [5.41, 5.74) is 8.16. The highest BCUT2D eigenvalue weighted by molar-refractivity contribution is 5.59. The molecule has 1 aromatic carbocycles. The van der Waals surface area contributed by atoms with Crippen molar-refractivity contribution in [2.75, 3.05) is 13.1 Å². The zero-order valence-corrected chi connectivity index (χ0v) is 18.4. The molecular formula is C25H29N5. The van der Waals surface area contributed by atoms with Crippen LogP contribution in [0, 0.1) is 45.3 Å². The van der Waals surface area contributed by atoms with Crippen molar-refractivity contribution in [1.82, 2.24) is 4.90 Å². The Balaban J connectivity index is 2.25. The largest absolute Gasteiger partial charge is 0.399 e. The van der Waals surface area contributed by atoms with Crippen molar-refractivity contribution in [3.63, 3.8) is 0 Å². The smallest absolute Gasteiger partial charge is 0.191 e. The summed E-state index contributed by atoms with van der Waals surface area (Å²) in [6.07, 6.45) is 2.05. The van der Waals surface area contributed by atoms with E-state index in [-0.39, 0.29) is 17.0 Å². The molecule has 2 atom stereocenters. The summed E-state index contributed by atoms with van der Waals surface area (Å²) >= 11 is 0. The average Bonchev–Trinajstić information content (AvgIpc) is 2.72. The van der Waals surface area contributed by atoms with Gasteiger partial charge in [-0.1, -0.05) is 51.1 Å². The molecule has 0 aromatic heterocycles. The van der Waals surface area contributed by atoms with Crippen LogP contribution in [-0.4, -0.2) is 24.0 Å². The van der Waals surface area contributed by atoms with Gasteiger partial charge in [0.15, 0.2) is 5.41 Å². The lowest BCUT2D eigenvalue weighted by Crippen LogP contribution is -2.49. The lowest BCUT2D eigenvalue weighted by atomic mass is 9.58. The van der Waals surface area contributed by atoms with E-state index in [1.165, 1.54) is 5.56 Å². The van der Waals surface area contributed by atoms with Crippen molar-refractivity contribution >= 4 is 0 Å². The van der Waals surface area contributed by atoms with Crippen LogP contribution >= 0.6 is 0 Å². The predicted molar refractivity (Wildman–Crippen MR) is 117 cm³/mol. The maximum atomic E-state index is 10.2. The number of hydrogen-bond donors (Lipinski definition) is 1. The molecule has 0 unspecified atom stereocenters. The molecule has 154 valence electrons. The van der Waals surface area contributed by atoms with Crippen molar-refractivity contribution in [3.05, 3.63) is 58.3 Å². The third-order valence-electron chi connectivity index (χ3n) is 6.56.